The molecule has 0 radical (unpaired) electrons. The third-order valence-corrected chi connectivity index (χ3v) is 4.33. The highest BCUT2D eigenvalue weighted by Crippen LogP contribution is 2.28. The summed E-state index contributed by atoms with van der Waals surface area (Å²) < 4.78 is 0. The van der Waals surface area contributed by atoms with Crippen molar-refractivity contribution < 1.29 is 0 Å². The first-order valence-corrected chi connectivity index (χ1v) is 7.17. The van der Waals surface area contributed by atoms with Crippen LogP contribution >= 0.6 is 11.6 Å². The molecule has 0 bridgehead atoms. The Bertz CT molecular complexity index is 661. The van der Waals surface area contributed by atoms with Gasteiger partial charge >= 0.3 is 0 Å². The Morgan fingerprint density at radius 1 is 1.21 bits per heavy atom. The molecule has 0 amide bonds. The number of aliphatic imine (C=N–C) groups is 1. The van der Waals surface area contributed by atoms with Crippen molar-refractivity contribution in [1.29, 1.82) is 0 Å². The molecular formula is C14H15ClN4. The number of aromatic nitrogens is 2. The summed E-state index contributed by atoms with van der Waals surface area (Å²) in [7, 11) is 0. The highest BCUT2D eigenvalue weighted by molar-refractivity contribution is 6.31. The summed E-state index contributed by atoms with van der Waals surface area (Å²) in [5.41, 5.74) is 1.89. The number of fused-ring (bicyclic) bond motifs is 2. The van der Waals surface area contributed by atoms with E-state index in [1.54, 1.807) is 0 Å². The first-order valence-electron chi connectivity index (χ1n) is 6.79. The maximum atomic E-state index is 6.07. The maximum Gasteiger partial charge on any atom is 0.150 e. The second kappa shape index (κ2) is 4.23. The molecule has 5 heteroatoms. The molecule has 2 unspecified atom stereocenters. The average Bonchev–Trinajstić information content (AvgIpc) is 3.00. The first kappa shape index (κ1) is 11.3. The molecule has 4 nitrogen and oxygen atoms in total. The largest absolute Gasteiger partial charge is 0.364 e. The van der Waals surface area contributed by atoms with Gasteiger partial charge in [-0.2, -0.15) is 5.10 Å². The third-order valence-electron chi connectivity index (χ3n) is 4.10. The molecule has 2 atom stereocenters. The number of hydrogen-bond acceptors (Lipinski definition) is 3. The number of halogens is 1. The van der Waals surface area contributed by atoms with Crippen LogP contribution in [-0.2, 0) is 0 Å². The second-order valence-corrected chi connectivity index (χ2v) is 5.78. The molecule has 98 valence electrons. The number of nitrogens with zero attached hydrogens (tertiary/aromatic N) is 2. The number of aromatic amines is 1. The predicted molar refractivity (Wildman–Crippen MR) is 76.8 cm³/mol. The van der Waals surface area contributed by atoms with Gasteiger partial charge in [-0.15, -0.1) is 0 Å². The van der Waals surface area contributed by atoms with Crippen LogP contribution in [0.1, 0.15) is 31.4 Å². The van der Waals surface area contributed by atoms with Gasteiger partial charge in [-0.05, 0) is 31.0 Å². The molecule has 2 aromatic rings. The van der Waals surface area contributed by atoms with Gasteiger partial charge in [0.25, 0.3) is 0 Å². The molecule has 1 aliphatic carbocycles. The number of benzene rings is 1. The van der Waals surface area contributed by atoms with Crippen LogP contribution in [0, 0.1) is 0 Å². The number of rotatable bonds is 1. The third kappa shape index (κ3) is 1.82. The summed E-state index contributed by atoms with van der Waals surface area (Å²) in [6.07, 6.45) is 4.97. The van der Waals surface area contributed by atoms with Gasteiger partial charge < -0.3 is 5.32 Å². The Morgan fingerprint density at radius 2 is 2.11 bits per heavy atom. The summed E-state index contributed by atoms with van der Waals surface area (Å²) in [5, 5.41) is 12.7. The maximum absolute atomic E-state index is 6.07. The van der Waals surface area contributed by atoms with Crippen molar-refractivity contribution in [2.75, 3.05) is 0 Å². The molecule has 1 saturated carbocycles. The topological polar surface area (TPSA) is 53.1 Å². The fraction of sp³-hybridized carbons (Fsp3) is 0.429. The van der Waals surface area contributed by atoms with Crippen LogP contribution in [0.3, 0.4) is 0 Å². The zero-order chi connectivity index (χ0) is 12.8. The molecule has 1 aromatic carbocycles. The van der Waals surface area contributed by atoms with E-state index in [2.05, 4.69) is 15.5 Å². The molecule has 1 fully saturated rings. The van der Waals surface area contributed by atoms with Gasteiger partial charge in [0, 0.05) is 10.4 Å². The van der Waals surface area contributed by atoms with Crippen LogP contribution in [0.4, 0.5) is 0 Å². The SMILES string of the molecule is Clc1ccc2[nH]nc(C3=NC4CCCCC4N3)c2c1. The lowest BCUT2D eigenvalue weighted by molar-refractivity contribution is 0.385. The van der Waals surface area contributed by atoms with Crippen LogP contribution in [0.2, 0.25) is 5.02 Å². The molecule has 2 aliphatic rings. The number of hydrogen-bond donors (Lipinski definition) is 2. The quantitative estimate of drug-likeness (QED) is 0.840. The molecule has 1 aliphatic heterocycles. The standard InChI is InChI=1S/C14H15ClN4/c15-8-5-6-10-9(7-8)13(19-18-10)14-16-11-3-1-2-4-12(11)17-14/h5-7,11-12H,1-4H2,(H,16,17)(H,18,19). The minimum Gasteiger partial charge on any atom is -0.364 e. The molecule has 1 aromatic heterocycles. The second-order valence-electron chi connectivity index (χ2n) is 5.34. The number of amidine groups is 1. The zero-order valence-electron chi connectivity index (χ0n) is 10.5. The van der Waals surface area contributed by atoms with Crippen molar-refractivity contribution in [2.24, 2.45) is 4.99 Å². The lowest BCUT2D eigenvalue weighted by Gasteiger charge is -2.23. The van der Waals surface area contributed by atoms with Gasteiger partial charge in [-0.3, -0.25) is 10.1 Å². The van der Waals surface area contributed by atoms with Crippen LogP contribution in [-0.4, -0.2) is 28.1 Å². The Morgan fingerprint density at radius 3 is 3.00 bits per heavy atom. The molecule has 4 rings (SSSR count). The lowest BCUT2D eigenvalue weighted by atomic mass is 9.92. The summed E-state index contributed by atoms with van der Waals surface area (Å²) in [6.45, 7) is 0. The Labute approximate surface area is 116 Å². The Hall–Kier alpha value is -1.55. The minimum atomic E-state index is 0.426. The number of nitrogens with one attached hydrogen (secondary N) is 2. The summed E-state index contributed by atoms with van der Waals surface area (Å²) in [5.74, 6) is 0.922. The number of H-pyrrole nitrogens is 1. The van der Waals surface area contributed by atoms with E-state index in [-0.39, 0.29) is 0 Å². The van der Waals surface area contributed by atoms with Crippen molar-refractivity contribution in [1.82, 2.24) is 15.5 Å². The van der Waals surface area contributed by atoms with Gasteiger partial charge in [-0.25, -0.2) is 0 Å². The van der Waals surface area contributed by atoms with E-state index in [9.17, 15) is 0 Å². The fourth-order valence-electron chi connectivity index (χ4n) is 3.11. The Balaban J connectivity index is 1.76. The lowest BCUT2D eigenvalue weighted by Crippen LogP contribution is -2.37. The fourth-order valence-corrected chi connectivity index (χ4v) is 3.28. The predicted octanol–water partition coefficient (Wildman–Crippen LogP) is 2.88. The molecule has 0 spiro atoms. The molecule has 19 heavy (non-hydrogen) atoms. The smallest absolute Gasteiger partial charge is 0.150 e. The van der Waals surface area contributed by atoms with Gasteiger partial charge in [0.1, 0.15) is 11.5 Å². The summed E-state index contributed by atoms with van der Waals surface area (Å²) in [6, 6.07) is 6.69. The van der Waals surface area contributed by atoms with Crippen molar-refractivity contribution in [2.45, 2.75) is 37.8 Å². The van der Waals surface area contributed by atoms with E-state index >= 15 is 0 Å². The molecule has 2 N–H and O–H groups in total. The van der Waals surface area contributed by atoms with E-state index in [1.807, 2.05) is 18.2 Å². The van der Waals surface area contributed by atoms with Crippen molar-refractivity contribution in [3.8, 4) is 0 Å². The van der Waals surface area contributed by atoms with Crippen LogP contribution in [0.5, 0.6) is 0 Å². The van der Waals surface area contributed by atoms with Gasteiger partial charge in [-0.1, -0.05) is 24.4 Å². The highest BCUT2D eigenvalue weighted by Gasteiger charge is 2.32. The minimum absolute atomic E-state index is 0.426. The zero-order valence-corrected chi connectivity index (χ0v) is 11.2. The summed E-state index contributed by atoms with van der Waals surface area (Å²) in [4.78, 5) is 4.81. The monoisotopic (exact) mass is 274 g/mol. The van der Waals surface area contributed by atoms with Gasteiger partial charge in [0.15, 0.2) is 0 Å². The van der Waals surface area contributed by atoms with Crippen molar-refractivity contribution in [3.05, 3.63) is 28.9 Å². The molecular weight excluding hydrogens is 260 g/mol. The normalized spacial score (nSPS) is 26.1. The molecule has 0 saturated heterocycles. The van der Waals surface area contributed by atoms with E-state index < -0.39 is 0 Å². The average molecular weight is 275 g/mol. The highest BCUT2D eigenvalue weighted by atomic mass is 35.5. The van der Waals surface area contributed by atoms with E-state index in [0.717, 1.165) is 27.5 Å². The van der Waals surface area contributed by atoms with Crippen LogP contribution < -0.4 is 5.32 Å². The first-order chi connectivity index (χ1) is 9.31. The summed E-state index contributed by atoms with van der Waals surface area (Å²) >= 11 is 6.07. The van der Waals surface area contributed by atoms with Gasteiger partial charge in [0.05, 0.1) is 17.6 Å². The van der Waals surface area contributed by atoms with E-state index in [0.29, 0.717) is 12.1 Å². The van der Waals surface area contributed by atoms with E-state index in [4.69, 9.17) is 16.6 Å². The van der Waals surface area contributed by atoms with Crippen molar-refractivity contribution >= 4 is 28.3 Å². The molecule has 2 heterocycles. The van der Waals surface area contributed by atoms with E-state index in [1.165, 1.54) is 25.7 Å². The van der Waals surface area contributed by atoms with Gasteiger partial charge in [0.2, 0.25) is 0 Å². The van der Waals surface area contributed by atoms with Crippen LogP contribution in [0.15, 0.2) is 23.2 Å². The Kier molecular flexibility index (Phi) is 2.52. The van der Waals surface area contributed by atoms with Crippen LogP contribution in [0.25, 0.3) is 10.9 Å². The van der Waals surface area contributed by atoms with Crippen molar-refractivity contribution in [3.63, 3.8) is 0 Å².